The number of anilines is 2. The molecular formula is C15H16BrFN2O. The zero-order valence-electron chi connectivity index (χ0n) is 11.1. The molecule has 0 aromatic heterocycles. The van der Waals surface area contributed by atoms with Gasteiger partial charge in [-0.3, -0.25) is 0 Å². The van der Waals surface area contributed by atoms with E-state index in [4.69, 9.17) is 10.5 Å². The van der Waals surface area contributed by atoms with Crippen LogP contribution >= 0.6 is 15.9 Å². The number of benzene rings is 2. The first-order valence-electron chi connectivity index (χ1n) is 6.22. The second-order valence-corrected chi connectivity index (χ2v) is 5.20. The van der Waals surface area contributed by atoms with Gasteiger partial charge in [-0.25, -0.2) is 4.39 Å². The van der Waals surface area contributed by atoms with Gasteiger partial charge in [0.1, 0.15) is 11.6 Å². The van der Waals surface area contributed by atoms with Crippen molar-refractivity contribution >= 4 is 27.3 Å². The molecule has 0 heterocycles. The number of hydrogen-bond donors (Lipinski definition) is 2. The number of methoxy groups -OCH3 is 1. The number of para-hydroxylation sites is 1. The molecule has 0 atom stereocenters. The maximum Gasteiger partial charge on any atom is 0.139 e. The van der Waals surface area contributed by atoms with Crippen LogP contribution in [0.1, 0.15) is 5.56 Å². The summed E-state index contributed by atoms with van der Waals surface area (Å²) >= 11 is 3.10. The Morgan fingerprint density at radius 1 is 1.30 bits per heavy atom. The first-order valence-corrected chi connectivity index (χ1v) is 7.01. The van der Waals surface area contributed by atoms with Gasteiger partial charge < -0.3 is 15.8 Å². The van der Waals surface area contributed by atoms with E-state index in [1.54, 1.807) is 13.2 Å². The van der Waals surface area contributed by atoms with Crippen LogP contribution < -0.4 is 15.8 Å². The Morgan fingerprint density at radius 3 is 2.80 bits per heavy atom. The molecule has 0 radical (unpaired) electrons. The van der Waals surface area contributed by atoms with Gasteiger partial charge in [0, 0.05) is 12.6 Å². The summed E-state index contributed by atoms with van der Waals surface area (Å²) in [6.45, 7) is 0.644. The van der Waals surface area contributed by atoms with E-state index in [2.05, 4.69) is 21.2 Å². The Morgan fingerprint density at radius 2 is 2.05 bits per heavy atom. The summed E-state index contributed by atoms with van der Waals surface area (Å²) in [6, 6.07) is 10.8. The van der Waals surface area contributed by atoms with Crippen LogP contribution in [0.5, 0.6) is 5.75 Å². The average Bonchev–Trinajstić information content (AvgIpc) is 2.45. The van der Waals surface area contributed by atoms with Gasteiger partial charge in [0.25, 0.3) is 0 Å². The highest BCUT2D eigenvalue weighted by Crippen LogP contribution is 2.26. The second-order valence-electron chi connectivity index (χ2n) is 4.34. The maximum absolute atomic E-state index is 13.5. The van der Waals surface area contributed by atoms with Crippen LogP contribution in [0.4, 0.5) is 15.8 Å². The molecule has 2 aromatic rings. The SMILES string of the molecule is COc1ccccc1CCNc1cc(F)c(Br)cc1N. The fourth-order valence-corrected chi connectivity index (χ4v) is 2.32. The minimum absolute atomic E-state index is 0.334. The van der Waals surface area contributed by atoms with E-state index >= 15 is 0 Å². The van der Waals surface area contributed by atoms with Gasteiger partial charge in [0.15, 0.2) is 0 Å². The number of rotatable bonds is 5. The fraction of sp³-hybridized carbons (Fsp3) is 0.200. The Bertz CT molecular complexity index is 604. The molecular weight excluding hydrogens is 323 g/mol. The molecule has 20 heavy (non-hydrogen) atoms. The van der Waals surface area contributed by atoms with E-state index in [0.717, 1.165) is 17.7 Å². The van der Waals surface area contributed by atoms with Gasteiger partial charge in [0.2, 0.25) is 0 Å². The molecule has 0 bridgehead atoms. The van der Waals surface area contributed by atoms with Gasteiger partial charge in [-0.1, -0.05) is 18.2 Å². The van der Waals surface area contributed by atoms with Crippen molar-refractivity contribution in [3.63, 3.8) is 0 Å². The Labute approximate surface area is 126 Å². The molecule has 0 saturated carbocycles. The number of hydrogen-bond acceptors (Lipinski definition) is 3. The number of nitrogens with two attached hydrogens (primary N) is 1. The first kappa shape index (κ1) is 14.7. The number of nitrogens with one attached hydrogen (secondary N) is 1. The largest absolute Gasteiger partial charge is 0.496 e. The highest BCUT2D eigenvalue weighted by atomic mass is 79.9. The molecule has 3 nitrogen and oxygen atoms in total. The zero-order chi connectivity index (χ0) is 14.5. The second kappa shape index (κ2) is 6.61. The van der Waals surface area contributed by atoms with Crippen molar-refractivity contribution in [3.8, 4) is 5.75 Å². The van der Waals surface area contributed by atoms with Gasteiger partial charge in [-0.15, -0.1) is 0 Å². The molecule has 0 aliphatic heterocycles. The van der Waals surface area contributed by atoms with E-state index < -0.39 is 0 Å². The summed E-state index contributed by atoms with van der Waals surface area (Å²) in [7, 11) is 1.65. The molecule has 2 rings (SSSR count). The summed E-state index contributed by atoms with van der Waals surface area (Å²) in [4.78, 5) is 0. The lowest BCUT2D eigenvalue weighted by molar-refractivity contribution is 0.410. The monoisotopic (exact) mass is 338 g/mol. The van der Waals surface area contributed by atoms with Crippen LogP contribution in [-0.4, -0.2) is 13.7 Å². The number of nitrogen functional groups attached to an aromatic ring is 1. The highest BCUT2D eigenvalue weighted by Gasteiger charge is 2.06. The first-order chi connectivity index (χ1) is 9.61. The summed E-state index contributed by atoms with van der Waals surface area (Å²) in [5.41, 5.74) is 8.05. The maximum atomic E-state index is 13.5. The molecule has 5 heteroatoms. The lowest BCUT2D eigenvalue weighted by Crippen LogP contribution is -2.08. The number of ether oxygens (including phenoxy) is 1. The van der Waals surface area contributed by atoms with Crippen molar-refractivity contribution < 1.29 is 9.13 Å². The van der Waals surface area contributed by atoms with Crippen molar-refractivity contribution in [3.05, 3.63) is 52.3 Å². The average molecular weight is 339 g/mol. The van der Waals surface area contributed by atoms with E-state index in [1.165, 1.54) is 6.07 Å². The topological polar surface area (TPSA) is 47.3 Å². The van der Waals surface area contributed by atoms with Crippen LogP contribution in [0, 0.1) is 5.82 Å². The third-order valence-corrected chi connectivity index (χ3v) is 3.60. The third-order valence-electron chi connectivity index (χ3n) is 2.99. The number of halogens is 2. The molecule has 0 aliphatic carbocycles. The van der Waals surface area contributed by atoms with Gasteiger partial charge in [-0.2, -0.15) is 0 Å². The van der Waals surface area contributed by atoms with E-state index in [9.17, 15) is 4.39 Å². The van der Waals surface area contributed by atoms with Crippen LogP contribution in [0.2, 0.25) is 0 Å². The Hall–Kier alpha value is -1.75. The highest BCUT2D eigenvalue weighted by molar-refractivity contribution is 9.10. The lowest BCUT2D eigenvalue weighted by atomic mass is 10.1. The molecule has 0 amide bonds. The predicted molar refractivity (Wildman–Crippen MR) is 83.7 cm³/mol. The minimum atomic E-state index is -0.334. The lowest BCUT2D eigenvalue weighted by Gasteiger charge is -2.12. The predicted octanol–water partition coefficient (Wildman–Crippen LogP) is 3.83. The van der Waals surface area contributed by atoms with Crippen molar-refractivity contribution in [1.82, 2.24) is 0 Å². The molecule has 2 aromatic carbocycles. The standard InChI is InChI=1S/C15H16BrFN2O/c1-20-15-5-3-2-4-10(15)6-7-19-14-9-12(17)11(16)8-13(14)18/h2-5,8-9,19H,6-7,18H2,1H3. The zero-order valence-corrected chi connectivity index (χ0v) is 12.7. The van der Waals surface area contributed by atoms with Crippen molar-refractivity contribution in [2.24, 2.45) is 0 Å². The summed E-state index contributed by atoms with van der Waals surface area (Å²) < 4.78 is 19.1. The van der Waals surface area contributed by atoms with Crippen molar-refractivity contribution in [1.29, 1.82) is 0 Å². The normalized spacial score (nSPS) is 10.3. The molecule has 106 valence electrons. The molecule has 0 spiro atoms. The Kier molecular flexibility index (Phi) is 4.84. The quantitative estimate of drug-likeness (QED) is 0.814. The summed E-state index contributed by atoms with van der Waals surface area (Å²) in [6.07, 6.45) is 0.765. The molecule has 0 fully saturated rings. The van der Waals surface area contributed by atoms with E-state index in [1.807, 2.05) is 24.3 Å². The molecule has 0 unspecified atom stereocenters. The Balaban J connectivity index is 2.01. The minimum Gasteiger partial charge on any atom is -0.496 e. The third kappa shape index (κ3) is 3.42. The summed E-state index contributed by atoms with van der Waals surface area (Å²) in [5.74, 6) is 0.517. The molecule has 0 aliphatic rings. The van der Waals surface area contributed by atoms with Crippen LogP contribution in [0.15, 0.2) is 40.9 Å². The molecule has 3 N–H and O–H groups in total. The van der Waals surface area contributed by atoms with Gasteiger partial charge in [-0.05, 0) is 40.0 Å². The summed E-state index contributed by atoms with van der Waals surface area (Å²) in [5, 5.41) is 3.14. The smallest absolute Gasteiger partial charge is 0.139 e. The van der Waals surface area contributed by atoms with Crippen molar-refractivity contribution in [2.45, 2.75) is 6.42 Å². The molecule has 0 saturated heterocycles. The fourth-order valence-electron chi connectivity index (χ4n) is 1.96. The van der Waals surface area contributed by atoms with Crippen LogP contribution in [0.25, 0.3) is 0 Å². The van der Waals surface area contributed by atoms with E-state index in [-0.39, 0.29) is 5.82 Å². The van der Waals surface area contributed by atoms with Crippen LogP contribution in [0.3, 0.4) is 0 Å². The van der Waals surface area contributed by atoms with E-state index in [0.29, 0.717) is 22.4 Å². The van der Waals surface area contributed by atoms with Gasteiger partial charge in [0.05, 0.1) is 23.0 Å². The van der Waals surface area contributed by atoms with Crippen LogP contribution in [-0.2, 0) is 6.42 Å². The van der Waals surface area contributed by atoms with Crippen molar-refractivity contribution in [2.75, 3.05) is 24.7 Å². The van der Waals surface area contributed by atoms with Gasteiger partial charge >= 0.3 is 0 Å².